The van der Waals surface area contributed by atoms with Crippen LogP contribution in [0, 0.1) is 0 Å². The molecule has 0 atom stereocenters. The summed E-state index contributed by atoms with van der Waals surface area (Å²) in [4.78, 5) is 22.8. The van der Waals surface area contributed by atoms with Crippen molar-refractivity contribution in [1.82, 2.24) is 5.32 Å². The molecule has 0 unspecified atom stereocenters. The third-order valence-electron chi connectivity index (χ3n) is 2.09. The SMILES string of the molecule is CCOC(=O)CNC(=S)Nc1sccc1C(=O)OCC. The number of hydrogen-bond acceptors (Lipinski definition) is 6. The number of esters is 2. The van der Waals surface area contributed by atoms with Crippen molar-refractivity contribution in [2.45, 2.75) is 13.8 Å². The van der Waals surface area contributed by atoms with Crippen LogP contribution in [0.15, 0.2) is 11.4 Å². The summed E-state index contributed by atoms with van der Waals surface area (Å²) < 4.78 is 9.69. The Morgan fingerprint density at radius 3 is 2.65 bits per heavy atom. The van der Waals surface area contributed by atoms with E-state index in [0.717, 1.165) is 0 Å². The quantitative estimate of drug-likeness (QED) is 0.612. The standard InChI is InChI=1S/C12H16N2O4S2/c1-3-17-9(15)7-13-12(19)14-10-8(5-6-20-10)11(16)18-4-2/h5-6H,3-4,7H2,1-2H3,(H2,13,14,19). The van der Waals surface area contributed by atoms with Crippen LogP contribution < -0.4 is 10.6 Å². The Hall–Kier alpha value is -1.67. The van der Waals surface area contributed by atoms with Crippen molar-refractivity contribution in [2.24, 2.45) is 0 Å². The summed E-state index contributed by atoms with van der Waals surface area (Å²) in [6, 6.07) is 1.65. The number of thiophene rings is 1. The molecule has 1 aromatic heterocycles. The van der Waals surface area contributed by atoms with E-state index in [2.05, 4.69) is 10.6 Å². The van der Waals surface area contributed by atoms with Crippen molar-refractivity contribution in [1.29, 1.82) is 0 Å². The van der Waals surface area contributed by atoms with Gasteiger partial charge in [-0.3, -0.25) is 4.79 Å². The topological polar surface area (TPSA) is 76.7 Å². The second kappa shape index (κ2) is 8.49. The van der Waals surface area contributed by atoms with E-state index in [-0.39, 0.29) is 11.7 Å². The lowest BCUT2D eigenvalue weighted by molar-refractivity contribution is -0.141. The summed E-state index contributed by atoms with van der Waals surface area (Å²) >= 11 is 6.36. The number of ether oxygens (including phenoxy) is 2. The van der Waals surface area contributed by atoms with Gasteiger partial charge in [0.15, 0.2) is 5.11 Å². The average Bonchev–Trinajstić information content (AvgIpc) is 2.85. The van der Waals surface area contributed by atoms with Gasteiger partial charge in [-0.05, 0) is 37.5 Å². The molecule has 6 nitrogen and oxygen atoms in total. The van der Waals surface area contributed by atoms with E-state index in [1.807, 2.05) is 0 Å². The molecular formula is C12H16N2O4S2. The van der Waals surface area contributed by atoms with E-state index in [4.69, 9.17) is 21.7 Å². The van der Waals surface area contributed by atoms with Crippen molar-refractivity contribution in [3.05, 3.63) is 17.0 Å². The Morgan fingerprint density at radius 2 is 2.00 bits per heavy atom. The lowest BCUT2D eigenvalue weighted by atomic mass is 10.3. The zero-order chi connectivity index (χ0) is 15.0. The van der Waals surface area contributed by atoms with E-state index < -0.39 is 11.9 Å². The van der Waals surface area contributed by atoms with Crippen LogP contribution in [-0.4, -0.2) is 36.8 Å². The van der Waals surface area contributed by atoms with Crippen LogP contribution >= 0.6 is 23.6 Å². The first kappa shape index (κ1) is 16.4. The summed E-state index contributed by atoms with van der Waals surface area (Å²) in [5.41, 5.74) is 0.414. The molecule has 0 spiro atoms. The van der Waals surface area contributed by atoms with Crippen LogP contribution in [0.25, 0.3) is 0 Å². The molecule has 20 heavy (non-hydrogen) atoms. The molecule has 0 aliphatic heterocycles. The zero-order valence-electron chi connectivity index (χ0n) is 11.2. The molecule has 2 N–H and O–H groups in total. The van der Waals surface area contributed by atoms with E-state index in [1.54, 1.807) is 25.3 Å². The summed E-state index contributed by atoms with van der Waals surface area (Å²) in [5, 5.41) is 8.13. The first-order valence-corrected chi connectivity index (χ1v) is 7.32. The van der Waals surface area contributed by atoms with Gasteiger partial charge in [-0.15, -0.1) is 11.3 Å². The number of nitrogens with one attached hydrogen (secondary N) is 2. The molecule has 110 valence electrons. The van der Waals surface area contributed by atoms with Crippen molar-refractivity contribution in [2.75, 3.05) is 25.1 Å². The highest BCUT2D eigenvalue weighted by Gasteiger charge is 2.15. The maximum absolute atomic E-state index is 11.7. The molecule has 0 aliphatic rings. The minimum absolute atomic E-state index is 0.0280. The van der Waals surface area contributed by atoms with Gasteiger partial charge in [0.1, 0.15) is 11.5 Å². The molecule has 0 amide bonds. The summed E-state index contributed by atoms with van der Waals surface area (Å²) in [7, 11) is 0. The van der Waals surface area contributed by atoms with Crippen LogP contribution in [0.4, 0.5) is 5.00 Å². The number of thiocarbonyl (C=S) groups is 1. The lowest BCUT2D eigenvalue weighted by Gasteiger charge is -2.10. The normalized spacial score (nSPS) is 9.70. The van der Waals surface area contributed by atoms with E-state index in [0.29, 0.717) is 23.8 Å². The van der Waals surface area contributed by atoms with Crippen molar-refractivity contribution < 1.29 is 19.1 Å². The van der Waals surface area contributed by atoms with Gasteiger partial charge in [0.05, 0.1) is 18.8 Å². The average molecular weight is 316 g/mol. The fraction of sp³-hybridized carbons (Fsp3) is 0.417. The highest BCUT2D eigenvalue weighted by molar-refractivity contribution is 7.80. The molecule has 0 saturated carbocycles. The fourth-order valence-corrected chi connectivity index (χ4v) is 2.31. The van der Waals surface area contributed by atoms with Gasteiger partial charge in [0, 0.05) is 0 Å². The minimum Gasteiger partial charge on any atom is -0.465 e. The second-order valence-corrected chi connectivity index (χ2v) is 4.82. The monoisotopic (exact) mass is 316 g/mol. The Bertz CT molecular complexity index is 488. The van der Waals surface area contributed by atoms with Crippen LogP contribution in [0.2, 0.25) is 0 Å². The number of rotatable bonds is 6. The van der Waals surface area contributed by atoms with Crippen molar-refractivity contribution >= 4 is 45.6 Å². The number of carbonyl (C=O) groups excluding carboxylic acids is 2. The molecule has 8 heteroatoms. The fourth-order valence-electron chi connectivity index (χ4n) is 1.29. The Morgan fingerprint density at radius 1 is 1.30 bits per heavy atom. The predicted molar refractivity (Wildman–Crippen MR) is 81.1 cm³/mol. The summed E-state index contributed by atoms with van der Waals surface area (Å²) in [6.45, 7) is 4.06. The molecule has 0 aliphatic carbocycles. The third kappa shape index (κ3) is 5.14. The first-order valence-electron chi connectivity index (χ1n) is 6.03. The number of carbonyl (C=O) groups is 2. The van der Waals surface area contributed by atoms with Gasteiger partial charge in [0.2, 0.25) is 0 Å². The molecule has 0 fully saturated rings. The van der Waals surface area contributed by atoms with Crippen LogP contribution in [-0.2, 0) is 14.3 Å². The van der Waals surface area contributed by atoms with Crippen LogP contribution in [0.1, 0.15) is 24.2 Å². The number of hydrogen-bond donors (Lipinski definition) is 2. The smallest absolute Gasteiger partial charge is 0.341 e. The molecule has 1 aromatic rings. The Balaban J connectivity index is 2.52. The Labute approximate surface area is 126 Å². The maximum Gasteiger partial charge on any atom is 0.341 e. The van der Waals surface area contributed by atoms with Crippen molar-refractivity contribution in [3.63, 3.8) is 0 Å². The summed E-state index contributed by atoms with van der Waals surface area (Å²) in [5.74, 6) is -0.808. The third-order valence-corrected chi connectivity index (χ3v) is 3.16. The molecule has 0 radical (unpaired) electrons. The van der Waals surface area contributed by atoms with Crippen molar-refractivity contribution in [3.8, 4) is 0 Å². The molecule has 1 rings (SSSR count). The summed E-state index contributed by atoms with van der Waals surface area (Å²) in [6.07, 6.45) is 0. The van der Waals surface area contributed by atoms with Gasteiger partial charge < -0.3 is 20.1 Å². The zero-order valence-corrected chi connectivity index (χ0v) is 12.9. The van der Waals surface area contributed by atoms with E-state index in [9.17, 15) is 9.59 Å². The largest absolute Gasteiger partial charge is 0.465 e. The molecular weight excluding hydrogens is 300 g/mol. The Kier molecular flexibility index (Phi) is 6.96. The van der Waals surface area contributed by atoms with Gasteiger partial charge in [-0.25, -0.2) is 4.79 Å². The first-order chi connectivity index (χ1) is 9.58. The van der Waals surface area contributed by atoms with Gasteiger partial charge in [-0.2, -0.15) is 0 Å². The highest BCUT2D eigenvalue weighted by atomic mass is 32.1. The molecule has 0 bridgehead atoms. The number of anilines is 1. The lowest BCUT2D eigenvalue weighted by Crippen LogP contribution is -2.34. The van der Waals surface area contributed by atoms with Gasteiger partial charge in [-0.1, -0.05) is 0 Å². The maximum atomic E-state index is 11.7. The predicted octanol–water partition coefficient (Wildman–Crippen LogP) is 1.77. The molecule has 1 heterocycles. The van der Waals surface area contributed by atoms with Crippen LogP contribution in [0.5, 0.6) is 0 Å². The van der Waals surface area contributed by atoms with Gasteiger partial charge in [0.25, 0.3) is 0 Å². The molecule has 0 saturated heterocycles. The minimum atomic E-state index is -0.413. The van der Waals surface area contributed by atoms with Crippen LogP contribution in [0.3, 0.4) is 0 Å². The van der Waals surface area contributed by atoms with E-state index in [1.165, 1.54) is 11.3 Å². The highest BCUT2D eigenvalue weighted by Crippen LogP contribution is 2.23. The molecule has 0 aromatic carbocycles. The second-order valence-electron chi connectivity index (χ2n) is 3.50. The van der Waals surface area contributed by atoms with Gasteiger partial charge >= 0.3 is 11.9 Å². The van der Waals surface area contributed by atoms with E-state index >= 15 is 0 Å².